The van der Waals surface area contributed by atoms with Gasteiger partial charge in [-0.25, -0.2) is 0 Å². The second kappa shape index (κ2) is 5.29. The smallest absolute Gasteiger partial charge is 0.0839 e. The van der Waals surface area contributed by atoms with Crippen LogP contribution in [0.2, 0.25) is 0 Å². The molecule has 1 fully saturated rings. The Morgan fingerprint density at radius 2 is 2.00 bits per heavy atom. The monoisotopic (exact) mass is 206 g/mol. The van der Waals surface area contributed by atoms with Gasteiger partial charge in [0.2, 0.25) is 0 Å². The van der Waals surface area contributed by atoms with Gasteiger partial charge < -0.3 is 9.47 Å². The van der Waals surface area contributed by atoms with E-state index >= 15 is 0 Å². The minimum Gasteiger partial charge on any atom is -0.377 e. The van der Waals surface area contributed by atoms with Crippen molar-refractivity contribution in [2.75, 3.05) is 6.61 Å². The summed E-state index contributed by atoms with van der Waals surface area (Å²) in [4.78, 5) is 0. The van der Waals surface area contributed by atoms with Crippen molar-refractivity contribution in [1.82, 2.24) is 0 Å². The third-order valence-corrected chi connectivity index (χ3v) is 2.73. The maximum atomic E-state index is 5.58. The van der Waals surface area contributed by atoms with E-state index in [0.29, 0.717) is 12.2 Å². The first kappa shape index (κ1) is 10.7. The van der Waals surface area contributed by atoms with E-state index in [-0.39, 0.29) is 0 Å². The maximum absolute atomic E-state index is 5.58. The van der Waals surface area contributed by atoms with Gasteiger partial charge in [-0.2, -0.15) is 0 Å². The van der Waals surface area contributed by atoms with Gasteiger partial charge in [0, 0.05) is 6.61 Å². The van der Waals surface area contributed by atoms with E-state index in [0.717, 1.165) is 26.1 Å². The summed E-state index contributed by atoms with van der Waals surface area (Å²) in [5.74, 6) is 0. The molecule has 1 aliphatic rings. The molecule has 2 rings (SSSR count). The van der Waals surface area contributed by atoms with Crippen molar-refractivity contribution < 1.29 is 9.47 Å². The lowest BCUT2D eigenvalue weighted by Crippen LogP contribution is -1.98. The molecule has 0 bridgehead atoms. The highest BCUT2D eigenvalue weighted by Gasteiger charge is 2.32. The van der Waals surface area contributed by atoms with E-state index in [9.17, 15) is 0 Å². The summed E-state index contributed by atoms with van der Waals surface area (Å²) >= 11 is 0. The van der Waals surface area contributed by atoms with Crippen LogP contribution in [0.1, 0.15) is 25.3 Å². The number of ether oxygens (including phenoxy) is 2. The molecule has 1 heterocycles. The van der Waals surface area contributed by atoms with Crippen LogP contribution in [0.15, 0.2) is 30.3 Å². The van der Waals surface area contributed by atoms with Gasteiger partial charge in [0.15, 0.2) is 0 Å². The van der Waals surface area contributed by atoms with Crippen LogP contribution in [-0.2, 0) is 16.1 Å². The molecular formula is C13H18O2. The van der Waals surface area contributed by atoms with E-state index in [1.807, 2.05) is 18.2 Å². The first-order chi connectivity index (χ1) is 7.36. The van der Waals surface area contributed by atoms with Crippen molar-refractivity contribution in [2.45, 2.75) is 38.6 Å². The van der Waals surface area contributed by atoms with Crippen molar-refractivity contribution in [1.29, 1.82) is 0 Å². The molecule has 1 saturated heterocycles. The lowest BCUT2D eigenvalue weighted by Gasteiger charge is -2.03. The summed E-state index contributed by atoms with van der Waals surface area (Å²) < 4.78 is 10.9. The molecule has 82 valence electrons. The first-order valence-electron chi connectivity index (χ1n) is 5.63. The Morgan fingerprint density at radius 3 is 2.67 bits per heavy atom. The summed E-state index contributed by atoms with van der Waals surface area (Å²) in [6.45, 7) is 3.68. The van der Waals surface area contributed by atoms with Crippen LogP contribution >= 0.6 is 0 Å². The quantitative estimate of drug-likeness (QED) is 0.527. The number of hydrogen-bond acceptors (Lipinski definition) is 2. The van der Waals surface area contributed by atoms with Crippen LogP contribution in [-0.4, -0.2) is 18.8 Å². The number of epoxide rings is 1. The summed E-state index contributed by atoms with van der Waals surface area (Å²) in [6.07, 6.45) is 3.22. The highest BCUT2D eigenvalue weighted by molar-refractivity contribution is 5.13. The zero-order valence-electron chi connectivity index (χ0n) is 9.19. The molecule has 15 heavy (non-hydrogen) atoms. The van der Waals surface area contributed by atoms with Crippen molar-refractivity contribution in [3.63, 3.8) is 0 Å². The van der Waals surface area contributed by atoms with E-state index in [2.05, 4.69) is 19.1 Å². The second-order valence-electron chi connectivity index (χ2n) is 4.06. The maximum Gasteiger partial charge on any atom is 0.0839 e. The lowest BCUT2D eigenvalue weighted by molar-refractivity contribution is 0.115. The number of hydrogen-bond donors (Lipinski definition) is 0. The molecule has 0 aromatic heterocycles. The van der Waals surface area contributed by atoms with Gasteiger partial charge in [-0.1, -0.05) is 30.3 Å². The van der Waals surface area contributed by atoms with Gasteiger partial charge in [-0.3, -0.25) is 0 Å². The Labute approximate surface area is 91.2 Å². The van der Waals surface area contributed by atoms with Gasteiger partial charge in [0.25, 0.3) is 0 Å². The summed E-state index contributed by atoms with van der Waals surface area (Å²) in [5.41, 5.74) is 1.24. The van der Waals surface area contributed by atoms with E-state index in [4.69, 9.17) is 9.47 Å². The summed E-state index contributed by atoms with van der Waals surface area (Å²) in [7, 11) is 0. The van der Waals surface area contributed by atoms with Crippen molar-refractivity contribution >= 4 is 0 Å². The van der Waals surface area contributed by atoms with Crippen LogP contribution in [0.3, 0.4) is 0 Å². The number of rotatable bonds is 6. The molecule has 2 atom stereocenters. The Balaban J connectivity index is 1.52. The minimum absolute atomic E-state index is 0.485. The Hall–Kier alpha value is -0.860. The Morgan fingerprint density at radius 1 is 1.27 bits per heavy atom. The van der Waals surface area contributed by atoms with Crippen LogP contribution in [0, 0.1) is 0 Å². The average molecular weight is 206 g/mol. The molecule has 0 N–H and O–H groups in total. The Bertz CT molecular complexity index is 284. The molecule has 2 nitrogen and oxygen atoms in total. The first-order valence-corrected chi connectivity index (χ1v) is 5.63. The molecule has 0 unspecified atom stereocenters. The molecule has 0 aliphatic carbocycles. The minimum atomic E-state index is 0.485. The average Bonchev–Trinajstić information content (AvgIpc) is 2.96. The van der Waals surface area contributed by atoms with Crippen molar-refractivity contribution in [3.05, 3.63) is 35.9 Å². The van der Waals surface area contributed by atoms with Gasteiger partial charge >= 0.3 is 0 Å². The highest BCUT2D eigenvalue weighted by atomic mass is 16.6. The topological polar surface area (TPSA) is 21.8 Å². The van der Waals surface area contributed by atoms with Gasteiger partial charge in [-0.05, 0) is 25.3 Å². The predicted molar refractivity (Wildman–Crippen MR) is 59.7 cm³/mol. The SMILES string of the molecule is C[C@@H]1O[C@H]1CCCOCc1ccccc1. The van der Waals surface area contributed by atoms with E-state index in [1.165, 1.54) is 5.56 Å². The largest absolute Gasteiger partial charge is 0.377 e. The number of benzene rings is 1. The van der Waals surface area contributed by atoms with Crippen LogP contribution in [0.25, 0.3) is 0 Å². The molecular weight excluding hydrogens is 188 g/mol. The second-order valence-corrected chi connectivity index (χ2v) is 4.06. The van der Waals surface area contributed by atoms with Gasteiger partial charge in [0.05, 0.1) is 18.8 Å². The fraction of sp³-hybridized carbons (Fsp3) is 0.538. The lowest BCUT2D eigenvalue weighted by atomic mass is 10.2. The predicted octanol–water partition coefficient (Wildman–Crippen LogP) is 2.77. The van der Waals surface area contributed by atoms with Crippen molar-refractivity contribution in [3.8, 4) is 0 Å². The molecule has 0 spiro atoms. The molecule has 1 aromatic carbocycles. The van der Waals surface area contributed by atoms with Crippen LogP contribution in [0.5, 0.6) is 0 Å². The highest BCUT2D eigenvalue weighted by Crippen LogP contribution is 2.25. The standard InChI is InChI=1S/C13H18O2/c1-11-13(15-11)8-5-9-14-10-12-6-3-2-4-7-12/h2-4,6-7,11,13H,5,8-10H2,1H3/t11-,13-/m0/s1. The zero-order chi connectivity index (χ0) is 10.5. The molecule has 1 aromatic rings. The normalized spacial score (nSPS) is 24.1. The third-order valence-electron chi connectivity index (χ3n) is 2.73. The summed E-state index contributed by atoms with van der Waals surface area (Å²) in [5, 5.41) is 0. The summed E-state index contributed by atoms with van der Waals surface area (Å²) in [6, 6.07) is 10.3. The van der Waals surface area contributed by atoms with Gasteiger partial charge in [0.1, 0.15) is 0 Å². The fourth-order valence-corrected chi connectivity index (χ4v) is 1.68. The fourth-order valence-electron chi connectivity index (χ4n) is 1.68. The zero-order valence-corrected chi connectivity index (χ0v) is 9.19. The molecule has 0 radical (unpaired) electrons. The van der Waals surface area contributed by atoms with E-state index in [1.54, 1.807) is 0 Å². The van der Waals surface area contributed by atoms with Crippen LogP contribution in [0.4, 0.5) is 0 Å². The molecule has 0 saturated carbocycles. The van der Waals surface area contributed by atoms with Crippen LogP contribution < -0.4 is 0 Å². The molecule has 0 amide bonds. The van der Waals surface area contributed by atoms with Gasteiger partial charge in [-0.15, -0.1) is 0 Å². The Kier molecular flexibility index (Phi) is 3.75. The molecule has 2 heteroatoms. The van der Waals surface area contributed by atoms with Crippen molar-refractivity contribution in [2.24, 2.45) is 0 Å². The molecule has 1 aliphatic heterocycles. The third kappa shape index (κ3) is 3.65. The van der Waals surface area contributed by atoms with E-state index < -0.39 is 0 Å².